The lowest BCUT2D eigenvalue weighted by atomic mass is 9.97. The molecule has 6 heteroatoms. The number of carboxylic acid groups (broad SMARTS) is 1. The summed E-state index contributed by atoms with van der Waals surface area (Å²) in [6, 6.07) is 14.5. The van der Waals surface area contributed by atoms with Crippen molar-refractivity contribution < 1.29 is 24.2 Å². The van der Waals surface area contributed by atoms with Crippen molar-refractivity contribution in [2.24, 2.45) is 0 Å². The quantitative estimate of drug-likeness (QED) is 0.772. The molecule has 0 aromatic heterocycles. The SMILES string of the molecule is O=C(O)c1ccc2c(c1)CN(C(=O)COCCOc1ccccc1)CC2. The molecular formula is C20H21NO5. The van der Waals surface area contributed by atoms with E-state index in [1.54, 1.807) is 17.0 Å². The number of para-hydroxylation sites is 1. The molecule has 26 heavy (non-hydrogen) atoms. The molecule has 0 radical (unpaired) electrons. The molecule has 0 atom stereocenters. The van der Waals surface area contributed by atoms with E-state index < -0.39 is 5.97 Å². The zero-order valence-corrected chi connectivity index (χ0v) is 14.4. The van der Waals surface area contributed by atoms with E-state index in [2.05, 4.69) is 0 Å². The van der Waals surface area contributed by atoms with Crippen molar-refractivity contribution in [3.63, 3.8) is 0 Å². The molecular weight excluding hydrogens is 334 g/mol. The Balaban J connectivity index is 1.44. The average molecular weight is 355 g/mol. The molecule has 0 saturated carbocycles. The Kier molecular flexibility index (Phi) is 5.86. The minimum Gasteiger partial charge on any atom is -0.491 e. The van der Waals surface area contributed by atoms with Crippen LogP contribution in [0.3, 0.4) is 0 Å². The number of aromatic carboxylic acids is 1. The number of carbonyl (C=O) groups excluding carboxylic acids is 1. The van der Waals surface area contributed by atoms with Gasteiger partial charge in [-0.15, -0.1) is 0 Å². The minimum absolute atomic E-state index is 0.00783. The highest BCUT2D eigenvalue weighted by Crippen LogP contribution is 2.20. The van der Waals surface area contributed by atoms with Crippen LogP contribution in [0.5, 0.6) is 5.75 Å². The molecule has 2 aromatic carbocycles. The normalized spacial score (nSPS) is 13.2. The van der Waals surface area contributed by atoms with Gasteiger partial charge in [0.15, 0.2) is 0 Å². The summed E-state index contributed by atoms with van der Waals surface area (Å²) in [5.41, 5.74) is 2.22. The average Bonchev–Trinajstić information content (AvgIpc) is 2.67. The second-order valence-electron chi connectivity index (χ2n) is 6.07. The van der Waals surface area contributed by atoms with E-state index in [-0.39, 0.29) is 18.1 Å². The monoisotopic (exact) mass is 355 g/mol. The van der Waals surface area contributed by atoms with Crippen LogP contribution in [-0.4, -0.2) is 48.2 Å². The number of hydrogen-bond acceptors (Lipinski definition) is 4. The number of carboxylic acids is 1. The predicted octanol–water partition coefficient (Wildman–Crippen LogP) is 2.37. The molecule has 0 spiro atoms. The first-order valence-electron chi connectivity index (χ1n) is 8.52. The first-order valence-corrected chi connectivity index (χ1v) is 8.52. The van der Waals surface area contributed by atoms with Crippen LogP contribution >= 0.6 is 0 Å². The van der Waals surface area contributed by atoms with Gasteiger partial charge < -0.3 is 19.5 Å². The fourth-order valence-electron chi connectivity index (χ4n) is 2.89. The van der Waals surface area contributed by atoms with Gasteiger partial charge in [0.2, 0.25) is 5.91 Å². The van der Waals surface area contributed by atoms with Crippen LogP contribution in [0, 0.1) is 0 Å². The summed E-state index contributed by atoms with van der Waals surface area (Å²) in [4.78, 5) is 25.1. The van der Waals surface area contributed by atoms with Gasteiger partial charge in [0.25, 0.3) is 0 Å². The van der Waals surface area contributed by atoms with E-state index >= 15 is 0 Å². The largest absolute Gasteiger partial charge is 0.491 e. The Labute approximate surface area is 152 Å². The van der Waals surface area contributed by atoms with Gasteiger partial charge in [-0.25, -0.2) is 4.79 Å². The first kappa shape index (κ1) is 17.9. The summed E-state index contributed by atoms with van der Waals surface area (Å²) in [6.07, 6.45) is 0.720. The summed E-state index contributed by atoms with van der Waals surface area (Å²) in [6.45, 7) is 1.73. The number of nitrogens with zero attached hydrogens (tertiary/aromatic N) is 1. The summed E-state index contributed by atoms with van der Waals surface area (Å²) >= 11 is 0. The van der Waals surface area contributed by atoms with Crippen molar-refractivity contribution >= 4 is 11.9 Å². The van der Waals surface area contributed by atoms with E-state index in [1.807, 2.05) is 36.4 Å². The molecule has 0 aliphatic carbocycles. The van der Waals surface area contributed by atoms with Crippen molar-refractivity contribution in [1.29, 1.82) is 0 Å². The molecule has 2 aromatic rings. The Hall–Kier alpha value is -2.86. The molecule has 1 N–H and O–H groups in total. The fraction of sp³-hybridized carbons (Fsp3) is 0.300. The molecule has 1 aliphatic rings. The third-order valence-corrected chi connectivity index (χ3v) is 4.28. The van der Waals surface area contributed by atoms with E-state index in [0.717, 1.165) is 23.3 Å². The maximum atomic E-state index is 12.3. The first-order chi connectivity index (χ1) is 12.6. The van der Waals surface area contributed by atoms with Crippen LogP contribution < -0.4 is 4.74 Å². The Morgan fingerprint density at radius 3 is 2.62 bits per heavy atom. The molecule has 1 amide bonds. The van der Waals surface area contributed by atoms with Crippen molar-refractivity contribution in [3.8, 4) is 5.75 Å². The number of ether oxygens (including phenoxy) is 2. The van der Waals surface area contributed by atoms with Crippen LogP contribution in [0.4, 0.5) is 0 Å². The maximum absolute atomic E-state index is 12.3. The Bertz CT molecular complexity index is 775. The van der Waals surface area contributed by atoms with Crippen molar-refractivity contribution in [2.45, 2.75) is 13.0 Å². The van der Waals surface area contributed by atoms with Crippen LogP contribution in [0.15, 0.2) is 48.5 Å². The van der Waals surface area contributed by atoms with Crippen LogP contribution in [0.1, 0.15) is 21.5 Å². The van der Waals surface area contributed by atoms with Gasteiger partial charge >= 0.3 is 5.97 Å². The number of rotatable bonds is 7. The zero-order chi connectivity index (χ0) is 18.4. The molecule has 1 aliphatic heterocycles. The van der Waals surface area contributed by atoms with E-state index in [1.165, 1.54) is 0 Å². The lowest BCUT2D eigenvalue weighted by molar-refractivity contribution is -0.137. The topological polar surface area (TPSA) is 76.1 Å². The second kappa shape index (κ2) is 8.49. The minimum atomic E-state index is -0.960. The third-order valence-electron chi connectivity index (χ3n) is 4.28. The van der Waals surface area contributed by atoms with Gasteiger partial charge in [-0.3, -0.25) is 4.79 Å². The number of fused-ring (bicyclic) bond motifs is 1. The number of benzene rings is 2. The molecule has 6 nitrogen and oxygen atoms in total. The Morgan fingerprint density at radius 2 is 1.85 bits per heavy atom. The maximum Gasteiger partial charge on any atom is 0.335 e. The lowest BCUT2D eigenvalue weighted by Gasteiger charge is -2.29. The van der Waals surface area contributed by atoms with Crippen LogP contribution in [-0.2, 0) is 22.5 Å². The lowest BCUT2D eigenvalue weighted by Crippen LogP contribution is -2.38. The highest BCUT2D eigenvalue weighted by molar-refractivity contribution is 5.88. The van der Waals surface area contributed by atoms with Crippen LogP contribution in [0.2, 0.25) is 0 Å². The predicted molar refractivity (Wildman–Crippen MR) is 95.3 cm³/mol. The fourth-order valence-corrected chi connectivity index (χ4v) is 2.89. The smallest absolute Gasteiger partial charge is 0.335 e. The highest BCUT2D eigenvalue weighted by Gasteiger charge is 2.21. The number of hydrogen-bond donors (Lipinski definition) is 1. The third kappa shape index (κ3) is 4.61. The van der Waals surface area contributed by atoms with Gasteiger partial charge in [0.1, 0.15) is 19.0 Å². The van der Waals surface area contributed by atoms with E-state index in [0.29, 0.717) is 26.3 Å². The number of amides is 1. The zero-order valence-electron chi connectivity index (χ0n) is 14.4. The van der Waals surface area contributed by atoms with Gasteiger partial charge in [-0.05, 0) is 41.8 Å². The van der Waals surface area contributed by atoms with Crippen molar-refractivity contribution in [3.05, 3.63) is 65.2 Å². The molecule has 0 saturated heterocycles. The Morgan fingerprint density at radius 1 is 1.04 bits per heavy atom. The molecule has 0 bridgehead atoms. The molecule has 3 rings (SSSR count). The van der Waals surface area contributed by atoms with Gasteiger partial charge in [-0.1, -0.05) is 24.3 Å². The summed E-state index contributed by atoms with van der Waals surface area (Å²) in [5.74, 6) is -0.293. The van der Waals surface area contributed by atoms with Gasteiger partial charge in [0, 0.05) is 13.1 Å². The summed E-state index contributed by atoms with van der Waals surface area (Å²) in [7, 11) is 0. The highest BCUT2D eigenvalue weighted by atomic mass is 16.5. The molecule has 136 valence electrons. The molecule has 0 unspecified atom stereocenters. The molecule has 0 fully saturated rings. The van der Waals surface area contributed by atoms with Gasteiger partial charge in [-0.2, -0.15) is 0 Å². The molecule has 1 heterocycles. The van der Waals surface area contributed by atoms with Crippen LogP contribution in [0.25, 0.3) is 0 Å². The summed E-state index contributed by atoms with van der Waals surface area (Å²) < 4.78 is 10.9. The number of carbonyl (C=O) groups is 2. The standard InChI is InChI=1S/C20H21NO5/c22-19(14-25-10-11-26-18-4-2-1-3-5-18)21-9-8-15-6-7-16(20(23)24)12-17(15)13-21/h1-7,12H,8-11,13-14H2,(H,23,24). The summed E-state index contributed by atoms with van der Waals surface area (Å²) in [5, 5.41) is 9.10. The van der Waals surface area contributed by atoms with Crippen molar-refractivity contribution in [1.82, 2.24) is 4.90 Å². The van der Waals surface area contributed by atoms with E-state index in [4.69, 9.17) is 14.6 Å². The second-order valence-corrected chi connectivity index (χ2v) is 6.07. The van der Waals surface area contributed by atoms with Gasteiger partial charge in [0.05, 0.1) is 12.2 Å². The van der Waals surface area contributed by atoms with E-state index in [9.17, 15) is 9.59 Å². The van der Waals surface area contributed by atoms with Crippen molar-refractivity contribution in [2.75, 3.05) is 26.4 Å².